The third kappa shape index (κ3) is 9.44. The van der Waals surface area contributed by atoms with Gasteiger partial charge >= 0.3 is 5.97 Å². The van der Waals surface area contributed by atoms with Crippen LogP contribution in [0.5, 0.6) is 11.5 Å². The van der Waals surface area contributed by atoms with Gasteiger partial charge < -0.3 is 9.47 Å². The van der Waals surface area contributed by atoms with E-state index in [0.29, 0.717) is 17.9 Å². The van der Waals surface area contributed by atoms with Crippen LogP contribution in [0.2, 0.25) is 0 Å². The lowest BCUT2D eigenvalue weighted by atomic mass is 9.80. The molecular formula is C32H43FO3. The lowest BCUT2D eigenvalue weighted by Gasteiger charge is -2.26. The number of allylic oxidation sites excluding steroid dienone is 2. The number of hydrogen-bond acceptors (Lipinski definition) is 3. The van der Waals surface area contributed by atoms with Crippen LogP contribution in [0.3, 0.4) is 0 Å². The maximum atomic E-state index is 14.0. The number of hydrogen-bond donors (Lipinski definition) is 0. The van der Waals surface area contributed by atoms with E-state index in [4.69, 9.17) is 9.47 Å². The molecule has 2 aromatic rings. The molecule has 2 aromatic carbocycles. The van der Waals surface area contributed by atoms with Gasteiger partial charge in [0.15, 0.2) is 0 Å². The van der Waals surface area contributed by atoms with Gasteiger partial charge in [-0.2, -0.15) is 0 Å². The topological polar surface area (TPSA) is 35.5 Å². The predicted octanol–water partition coefficient (Wildman–Crippen LogP) is 9.11. The van der Waals surface area contributed by atoms with Crippen LogP contribution in [-0.4, -0.2) is 18.7 Å². The molecule has 0 spiro atoms. The first-order chi connectivity index (χ1) is 17.6. The van der Waals surface area contributed by atoms with Gasteiger partial charge in [0, 0.05) is 0 Å². The van der Waals surface area contributed by atoms with Crippen LogP contribution in [0, 0.1) is 11.8 Å². The number of esters is 1. The second-order valence-corrected chi connectivity index (χ2v) is 10.1. The highest BCUT2D eigenvalue weighted by Gasteiger charge is 2.27. The minimum atomic E-state index is -0.921. The van der Waals surface area contributed by atoms with Crippen molar-refractivity contribution in [1.82, 2.24) is 0 Å². The van der Waals surface area contributed by atoms with Gasteiger partial charge in [-0.15, -0.1) is 0 Å². The molecular weight excluding hydrogens is 451 g/mol. The number of carbonyl (C=O) groups excluding carboxylic acids is 1. The molecule has 0 N–H and O–H groups in total. The fourth-order valence-electron chi connectivity index (χ4n) is 4.91. The lowest BCUT2D eigenvalue weighted by Crippen LogP contribution is -2.25. The number of unbranched alkanes of at least 4 members (excludes halogenated alkanes) is 3. The summed E-state index contributed by atoms with van der Waals surface area (Å²) in [4.78, 5) is 12.6. The summed E-state index contributed by atoms with van der Waals surface area (Å²) in [5.41, 5.74) is 2.06. The Labute approximate surface area is 217 Å². The molecule has 1 atom stereocenters. The maximum Gasteiger partial charge on any atom is 0.314 e. The van der Waals surface area contributed by atoms with Crippen molar-refractivity contribution in [2.75, 3.05) is 6.61 Å². The largest absolute Gasteiger partial charge is 0.491 e. The second-order valence-electron chi connectivity index (χ2n) is 10.1. The number of halogens is 1. The van der Waals surface area contributed by atoms with Crippen LogP contribution in [-0.2, 0) is 4.79 Å². The Balaban J connectivity index is 1.42. The fourth-order valence-corrected chi connectivity index (χ4v) is 4.91. The Hall–Kier alpha value is -2.62. The first-order valence-corrected chi connectivity index (χ1v) is 13.9. The monoisotopic (exact) mass is 494 g/mol. The molecule has 0 unspecified atom stereocenters. The second kappa shape index (κ2) is 15.5. The first kappa shape index (κ1) is 28.0. The molecule has 1 aliphatic rings. The van der Waals surface area contributed by atoms with Crippen molar-refractivity contribution < 1.29 is 18.7 Å². The minimum Gasteiger partial charge on any atom is -0.491 e. The summed E-state index contributed by atoms with van der Waals surface area (Å²) in [5.74, 6) is 1.90. The van der Waals surface area contributed by atoms with Crippen molar-refractivity contribution in [2.24, 2.45) is 11.8 Å². The standard InChI is InChI=1S/C32H43FO3/c1-3-5-7-9-11-29(33)24-35-30-20-16-26(17-21-30)27-18-22-31(23-19-27)36-32(34)28-14-12-25(13-15-28)10-8-6-4-2/h4,6,16-23,25,28-29H,3,5,7-15,24H2,1-2H3/b6-4+/t25-,28-,29-/m0/s1. The van der Waals surface area contributed by atoms with Gasteiger partial charge in [0.05, 0.1) is 5.92 Å². The van der Waals surface area contributed by atoms with Crippen LogP contribution in [0.4, 0.5) is 4.39 Å². The molecule has 0 bridgehead atoms. The molecule has 3 rings (SSSR count). The summed E-state index contributed by atoms with van der Waals surface area (Å²) in [7, 11) is 0. The molecule has 0 aliphatic heterocycles. The van der Waals surface area contributed by atoms with E-state index in [-0.39, 0.29) is 18.5 Å². The molecule has 4 heteroatoms. The summed E-state index contributed by atoms with van der Waals surface area (Å²) in [6.45, 7) is 4.32. The van der Waals surface area contributed by atoms with Gasteiger partial charge in [-0.3, -0.25) is 4.79 Å². The zero-order valence-electron chi connectivity index (χ0n) is 22.1. The van der Waals surface area contributed by atoms with Gasteiger partial charge in [-0.05, 0) is 93.2 Å². The van der Waals surface area contributed by atoms with E-state index < -0.39 is 6.17 Å². The van der Waals surface area contributed by atoms with Crippen molar-refractivity contribution in [3.8, 4) is 22.6 Å². The molecule has 0 aromatic heterocycles. The van der Waals surface area contributed by atoms with Crippen LogP contribution in [0.1, 0.15) is 84.5 Å². The summed E-state index contributed by atoms with van der Waals surface area (Å²) >= 11 is 0. The predicted molar refractivity (Wildman–Crippen MR) is 146 cm³/mol. The van der Waals surface area contributed by atoms with E-state index >= 15 is 0 Å². The van der Waals surface area contributed by atoms with Crippen LogP contribution in [0.15, 0.2) is 60.7 Å². The average Bonchev–Trinajstić information content (AvgIpc) is 2.91. The SMILES string of the molecule is C/C=C/CC[C@H]1CC[C@H](C(=O)Oc2ccc(-c3ccc(OC[C@@H](F)CCCCCC)cc3)cc2)CC1. The highest BCUT2D eigenvalue weighted by molar-refractivity contribution is 5.75. The Morgan fingerprint density at radius 3 is 2.19 bits per heavy atom. The number of benzene rings is 2. The van der Waals surface area contributed by atoms with E-state index in [9.17, 15) is 9.18 Å². The molecule has 3 nitrogen and oxygen atoms in total. The quantitative estimate of drug-likeness (QED) is 0.114. The van der Waals surface area contributed by atoms with E-state index in [0.717, 1.165) is 74.8 Å². The Morgan fingerprint density at radius 1 is 0.944 bits per heavy atom. The molecule has 0 heterocycles. The minimum absolute atomic E-state index is 0.00967. The molecule has 0 saturated heterocycles. The van der Waals surface area contributed by atoms with Crippen molar-refractivity contribution >= 4 is 5.97 Å². The van der Waals surface area contributed by atoms with Crippen molar-refractivity contribution in [3.63, 3.8) is 0 Å². The molecule has 0 amide bonds. The van der Waals surface area contributed by atoms with Gasteiger partial charge in [-0.25, -0.2) is 4.39 Å². The first-order valence-electron chi connectivity index (χ1n) is 13.9. The Bertz CT molecular complexity index is 911. The van der Waals surface area contributed by atoms with E-state index in [2.05, 4.69) is 26.0 Å². The summed E-state index contributed by atoms with van der Waals surface area (Å²) in [6, 6.07) is 15.3. The highest BCUT2D eigenvalue weighted by Crippen LogP contribution is 2.33. The Kier molecular flexibility index (Phi) is 12.0. The number of alkyl halides is 1. The van der Waals surface area contributed by atoms with E-state index in [1.807, 2.05) is 48.5 Å². The van der Waals surface area contributed by atoms with Crippen LogP contribution >= 0.6 is 0 Å². The van der Waals surface area contributed by atoms with E-state index in [1.54, 1.807) is 0 Å². The zero-order valence-corrected chi connectivity index (χ0v) is 22.1. The smallest absolute Gasteiger partial charge is 0.314 e. The third-order valence-corrected chi connectivity index (χ3v) is 7.22. The third-order valence-electron chi connectivity index (χ3n) is 7.22. The van der Waals surface area contributed by atoms with Crippen molar-refractivity contribution in [3.05, 3.63) is 60.7 Å². The molecule has 36 heavy (non-hydrogen) atoms. The number of rotatable bonds is 14. The van der Waals surface area contributed by atoms with Crippen LogP contribution in [0.25, 0.3) is 11.1 Å². The lowest BCUT2D eigenvalue weighted by molar-refractivity contribution is -0.140. The van der Waals surface area contributed by atoms with E-state index in [1.165, 1.54) is 6.42 Å². The summed E-state index contributed by atoms with van der Waals surface area (Å²) in [5, 5.41) is 0. The molecule has 196 valence electrons. The van der Waals surface area contributed by atoms with Crippen molar-refractivity contribution in [1.29, 1.82) is 0 Å². The normalized spacial score (nSPS) is 18.8. The zero-order chi connectivity index (χ0) is 25.6. The van der Waals surface area contributed by atoms with Crippen LogP contribution < -0.4 is 9.47 Å². The number of carbonyl (C=O) groups is 1. The summed E-state index contributed by atoms with van der Waals surface area (Å²) < 4.78 is 25.3. The molecule has 1 saturated carbocycles. The van der Waals surface area contributed by atoms with Gasteiger partial charge in [-0.1, -0.05) is 69.0 Å². The Morgan fingerprint density at radius 2 is 1.58 bits per heavy atom. The highest BCUT2D eigenvalue weighted by atomic mass is 19.1. The fraction of sp³-hybridized carbons (Fsp3) is 0.531. The average molecular weight is 495 g/mol. The van der Waals surface area contributed by atoms with Gasteiger partial charge in [0.25, 0.3) is 0 Å². The van der Waals surface area contributed by atoms with Gasteiger partial charge in [0.1, 0.15) is 24.3 Å². The van der Waals surface area contributed by atoms with Gasteiger partial charge in [0.2, 0.25) is 0 Å². The summed E-state index contributed by atoms with van der Waals surface area (Å²) in [6.07, 6.45) is 14.7. The molecule has 1 fully saturated rings. The molecule has 1 aliphatic carbocycles. The molecule has 0 radical (unpaired) electrons. The maximum absolute atomic E-state index is 14.0. The number of ether oxygens (including phenoxy) is 2. The van der Waals surface area contributed by atoms with Crippen molar-refractivity contribution in [2.45, 2.75) is 90.6 Å².